The fourth-order valence-corrected chi connectivity index (χ4v) is 3.64. The zero-order chi connectivity index (χ0) is 13.4. The summed E-state index contributed by atoms with van der Waals surface area (Å²) in [6, 6.07) is 0. The highest BCUT2D eigenvalue weighted by atomic mass is 32.2. The van der Waals surface area contributed by atoms with Gasteiger partial charge in [-0.3, -0.25) is 4.79 Å². The van der Waals surface area contributed by atoms with Crippen LogP contribution in [-0.2, 0) is 4.79 Å². The molecule has 1 saturated carbocycles. The first-order valence-corrected chi connectivity index (χ1v) is 8.21. The first kappa shape index (κ1) is 15.6. The quantitative estimate of drug-likeness (QED) is 0.361. The molecule has 2 heteroatoms. The van der Waals surface area contributed by atoms with Crippen LogP contribution in [0.15, 0.2) is 23.6 Å². The molecule has 0 saturated heterocycles. The summed E-state index contributed by atoms with van der Waals surface area (Å²) in [5.41, 5.74) is 0.919. The number of rotatable bonds is 7. The Morgan fingerprint density at radius 3 is 2.83 bits per heavy atom. The van der Waals surface area contributed by atoms with E-state index in [1.807, 2.05) is 17.8 Å². The number of thioether (sulfide) groups is 1. The number of hydrogen-bond donors (Lipinski definition) is 0. The standard InChI is InChI=1S/C16H26OS/c1-4-7-12-18-13-14-9-8-11-16(6-3,10-5-2)15(14)17/h5,13H,2,4,6-12H2,1,3H3/b14-13-. The number of Topliss-reactive ketones (excluding diaryl/α,β-unsaturated/α-hetero) is 1. The van der Waals surface area contributed by atoms with Crippen molar-refractivity contribution in [3.8, 4) is 0 Å². The van der Waals surface area contributed by atoms with Gasteiger partial charge in [-0.2, -0.15) is 0 Å². The average molecular weight is 266 g/mol. The summed E-state index contributed by atoms with van der Waals surface area (Å²) in [4.78, 5) is 12.6. The molecule has 1 aliphatic rings. The largest absolute Gasteiger partial charge is 0.294 e. The summed E-state index contributed by atoms with van der Waals surface area (Å²) in [6.07, 6.45) is 9.28. The topological polar surface area (TPSA) is 17.1 Å². The zero-order valence-corrected chi connectivity index (χ0v) is 12.7. The number of allylic oxidation sites excluding steroid dienone is 2. The van der Waals surface area contributed by atoms with Gasteiger partial charge in [-0.05, 0) is 49.7 Å². The van der Waals surface area contributed by atoms with Crippen molar-refractivity contribution in [2.45, 2.75) is 58.8 Å². The molecule has 0 aliphatic heterocycles. The van der Waals surface area contributed by atoms with E-state index in [2.05, 4.69) is 25.8 Å². The Bertz CT molecular complexity index is 319. The molecule has 1 atom stereocenters. The van der Waals surface area contributed by atoms with E-state index in [0.29, 0.717) is 5.78 Å². The Morgan fingerprint density at radius 1 is 1.44 bits per heavy atom. The van der Waals surface area contributed by atoms with Gasteiger partial charge in [-0.15, -0.1) is 18.3 Å². The monoisotopic (exact) mass is 266 g/mol. The number of carbonyl (C=O) groups is 1. The van der Waals surface area contributed by atoms with E-state index < -0.39 is 0 Å². The fraction of sp³-hybridized carbons (Fsp3) is 0.688. The van der Waals surface area contributed by atoms with E-state index in [4.69, 9.17) is 0 Å². The molecule has 1 rings (SSSR count). The van der Waals surface area contributed by atoms with Crippen LogP contribution < -0.4 is 0 Å². The lowest BCUT2D eigenvalue weighted by Crippen LogP contribution is -2.34. The van der Waals surface area contributed by atoms with Crippen molar-refractivity contribution in [3.05, 3.63) is 23.6 Å². The molecule has 0 bridgehead atoms. The van der Waals surface area contributed by atoms with Crippen LogP contribution >= 0.6 is 11.8 Å². The first-order valence-electron chi connectivity index (χ1n) is 7.16. The van der Waals surface area contributed by atoms with Gasteiger partial charge in [0.25, 0.3) is 0 Å². The van der Waals surface area contributed by atoms with Gasteiger partial charge in [0, 0.05) is 11.0 Å². The molecule has 1 unspecified atom stereocenters. The van der Waals surface area contributed by atoms with Gasteiger partial charge in [-0.25, -0.2) is 0 Å². The summed E-state index contributed by atoms with van der Waals surface area (Å²) in [6.45, 7) is 8.15. The van der Waals surface area contributed by atoms with Crippen LogP contribution in [-0.4, -0.2) is 11.5 Å². The van der Waals surface area contributed by atoms with Crippen LogP contribution in [0.3, 0.4) is 0 Å². The van der Waals surface area contributed by atoms with Gasteiger partial charge in [-0.1, -0.05) is 26.3 Å². The summed E-state index contributed by atoms with van der Waals surface area (Å²) < 4.78 is 0. The Labute approximate surface area is 116 Å². The molecule has 18 heavy (non-hydrogen) atoms. The molecule has 0 aromatic rings. The maximum Gasteiger partial charge on any atom is 0.165 e. The minimum atomic E-state index is -0.142. The maximum absolute atomic E-state index is 12.6. The Hall–Kier alpha value is -0.500. The first-order chi connectivity index (χ1) is 8.70. The number of ketones is 1. The highest BCUT2D eigenvalue weighted by molar-refractivity contribution is 8.02. The van der Waals surface area contributed by atoms with Crippen molar-refractivity contribution < 1.29 is 4.79 Å². The second kappa shape index (κ2) is 7.83. The van der Waals surface area contributed by atoms with Crippen LogP contribution in [0.1, 0.15) is 58.8 Å². The third-order valence-corrected chi connectivity index (χ3v) is 4.90. The second-order valence-corrected chi connectivity index (χ2v) is 6.15. The summed E-state index contributed by atoms with van der Waals surface area (Å²) >= 11 is 1.81. The van der Waals surface area contributed by atoms with Crippen LogP contribution in [0.4, 0.5) is 0 Å². The number of hydrogen-bond acceptors (Lipinski definition) is 2. The summed E-state index contributed by atoms with van der Waals surface area (Å²) in [7, 11) is 0. The van der Waals surface area contributed by atoms with Gasteiger partial charge < -0.3 is 0 Å². The average Bonchev–Trinajstić information content (AvgIpc) is 2.39. The molecular formula is C16H26OS. The minimum Gasteiger partial charge on any atom is -0.294 e. The van der Waals surface area contributed by atoms with Crippen LogP contribution in [0.25, 0.3) is 0 Å². The van der Waals surface area contributed by atoms with Gasteiger partial charge in [0.15, 0.2) is 5.78 Å². The Morgan fingerprint density at radius 2 is 2.22 bits per heavy atom. The Balaban J connectivity index is 2.70. The molecule has 0 aromatic heterocycles. The normalized spacial score (nSPS) is 26.6. The van der Waals surface area contributed by atoms with E-state index in [1.54, 1.807) is 0 Å². The highest BCUT2D eigenvalue weighted by Gasteiger charge is 2.39. The van der Waals surface area contributed by atoms with Crippen molar-refractivity contribution in [2.24, 2.45) is 5.41 Å². The molecule has 0 amide bonds. The highest BCUT2D eigenvalue weighted by Crippen LogP contribution is 2.42. The molecule has 0 heterocycles. The van der Waals surface area contributed by atoms with E-state index >= 15 is 0 Å². The van der Waals surface area contributed by atoms with Crippen molar-refractivity contribution >= 4 is 17.5 Å². The summed E-state index contributed by atoms with van der Waals surface area (Å²) in [5, 5.41) is 2.13. The van der Waals surface area contributed by atoms with Gasteiger partial charge in [0.2, 0.25) is 0 Å². The molecule has 102 valence electrons. The lowest BCUT2D eigenvalue weighted by Gasteiger charge is -2.35. The molecule has 1 nitrogen and oxygen atoms in total. The molecule has 1 aliphatic carbocycles. The lowest BCUT2D eigenvalue weighted by atomic mass is 9.67. The van der Waals surface area contributed by atoms with Gasteiger partial charge >= 0.3 is 0 Å². The third-order valence-electron chi connectivity index (χ3n) is 3.93. The van der Waals surface area contributed by atoms with E-state index in [9.17, 15) is 4.79 Å². The van der Waals surface area contributed by atoms with Gasteiger partial charge in [0.05, 0.1) is 0 Å². The smallest absolute Gasteiger partial charge is 0.165 e. The van der Waals surface area contributed by atoms with Crippen LogP contribution in [0, 0.1) is 5.41 Å². The zero-order valence-electron chi connectivity index (χ0n) is 11.8. The van der Waals surface area contributed by atoms with Crippen LogP contribution in [0.2, 0.25) is 0 Å². The fourth-order valence-electron chi connectivity index (χ4n) is 2.64. The summed E-state index contributed by atoms with van der Waals surface area (Å²) in [5.74, 6) is 1.52. The van der Waals surface area contributed by atoms with Gasteiger partial charge in [0.1, 0.15) is 0 Å². The van der Waals surface area contributed by atoms with E-state index in [-0.39, 0.29) is 5.41 Å². The molecule has 0 aromatic carbocycles. The van der Waals surface area contributed by atoms with Crippen molar-refractivity contribution in [1.82, 2.24) is 0 Å². The van der Waals surface area contributed by atoms with Crippen molar-refractivity contribution in [3.63, 3.8) is 0 Å². The Kier molecular flexibility index (Phi) is 6.77. The number of carbonyl (C=O) groups excluding carboxylic acids is 1. The SMILES string of the molecule is C=CCC1(CC)CCC/C(=C/SCCCC)C1=O. The molecule has 0 N–H and O–H groups in total. The predicted octanol–water partition coefficient (Wildman–Crippen LogP) is 5.13. The third kappa shape index (κ3) is 3.74. The number of unbranched alkanes of at least 4 members (excludes halogenated alkanes) is 1. The maximum atomic E-state index is 12.6. The van der Waals surface area contributed by atoms with Crippen molar-refractivity contribution in [2.75, 3.05) is 5.75 Å². The van der Waals surface area contributed by atoms with Crippen LogP contribution in [0.5, 0.6) is 0 Å². The lowest BCUT2D eigenvalue weighted by molar-refractivity contribution is -0.126. The van der Waals surface area contributed by atoms with E-state index in [0.717, 1.165) is 43.4 Å². The molecule has 1 fully saturated rings. The molecule has 0 radical (unpaired) electrons. The van der Waals surface area contributed by atoms with Crippen molar-refractivity contribution in [1.29, 1.82) is 0 Å². The molecule has 0 spiro atoms. The van der Waals surface area contributed by atoms with E-state index in [1.165, 1.54) is 12.8 Å². The predicted molar refractivity (Wildman–Crippen MR) is 81.8 cm³/mol. The second-order valence-electron chi connectivity index (χ2n) is 5.18. The molecular weight excluding hydrogens is 240 g/mol. The minimum absolute atomic E-state index is 0.142.